The molecule has 5 heteroatoms. The van der Waals surface area contributed by atoms with Gasteiger partial charge in [-0.2, -0.15) is 11.8 Å². The van der Waals surface area contributed by atoms with Crippen LogP contribution in [0.1, 0.15) is 25.8 Å². The molecule has 1 unspecified atom stereocenters. The largest absolute Gasteiger partial charge is 0.389 e. The van der Waals surface area contributed by atoms with Crippen LogP contribution in [0.5, 0.6) is 0 Å². The maximum atomic E-state index is 13.1. The third-order valence-electron chi connectivity index (χ3n) is 2.55. The highest BCUT2D eigenvalue weighted by atomic mass is 32.2. The Hall–Kier alpha value is -0.810. The van der Waals surface area contributed by atoms with Crippen molar-refractivity contribution >= 4 is 34.7 Å². The van der Waals surface area contributed by atoms with Crippen LogP contribution in [-0.4, -0.2) is 22.5 Å². The van der Waals surface area contributed by atoms with Crippen LogP contribution in [0.15, 0.2) is 18.2 Å². The molecule has 0 saturated carbocycles. The monoisotopic (exact) mass is 286 g/mol. The number of thioether (sulfide) groups is 1. The highest BCUT2D eigenvalue weighted by molar-refractivity contribution is 7.99. The molecule has 1 atom stereocenters. The van der Waals surface area contributed by atoms with E-state index in [0.29, 0.717) is 11.6 Å². The first-order chi connectivity index (χ1) is 8.54. The zero-order valence-electron chi connectivity index (χ0n) is 10.7. The quantitative estimate of drug-likeness (QED) is 0.595. The van der Waals surface area contributed by atoms with E-state index in [1.54, 1.807) is 6.07 Å². The summed E-state index contributed by atoms with van der Waals surface area (Å²) in [5, 5.41) is 3.33. The molecule has 0 aromatic heterocycles. The van der Waals surface area contributed by atoms with Gasteiger partial charge < -0.3 is 11.1 Å². The highest BCUT2D eigenvalue weighted by Gasteiger charge is 2.09. The number of halogens is 1. The van der Waals surface area contributed by atoms with Crippen molar-refractivity contribution in [1.82, 2.24) is 0 Å². The van der Waals surface area contributed by atoms with E-state index in [0.717, 1.165) is 23.6 Å². The Bertz CT molecular complexity index is 410. The standard InChI is InChI=1S/C13H19FN2S2/c1-3-18-7-6-9(2)16-12-5-4-10(14)8-11(12)13(15)17/h4-5,8-9,16H,3,6-7H2,1-2H3,(H2,15,17). The summed E-state index contributed by atoms with van der Waals surface area (Å²) < 4.78 is 13.1. The zero-order valence-corrected chi connectivity index (χ0v) is 12.3. The van der Waals surface area contributed by atoms with Crippen molar-refractivity contribution in [2.45, 2.75) is 26.3 Å². The van der Waals surface area contributed by atoms with E-state index in [2.05, 4.69) is 19.2 Å². The summed E-state index contributed by atoms with van der Waals surface area (Å²) in [6, 6.07) is 4.78. The van der Waals surface area contributed by atoms with Gasteiger partial charge in [0.15, 0.2) is 0 Å². The van der Waals surface area contributed by atoms with Gasteiger partial charge in [-0.15, -0.1) is 0 Å². The van der Waals surface area contributed by atoms with Gasteiger partial charge in [0.1, 0.15) is 10.8 Å². The second kappa shape index (κ2) is 7.59. The third kappa shape index (κ3) is 4.82. The van der Waals surface area contributed by atoms with Crippen LogP contribution < -0.4 is 11.1 Å². The summed E-state index contributed by atoms with van der Waals surface area (Å²) in [4.78, 5) is 0.215. The molecule has 3 N–H and O–H groups in total. The van der Waals surface area contributed by atoms with Crippen LogP contribution in [0.25, 0.3) is 0 Å². The molecule has 1 rings (SSSR count). The number of thiocarbonyl (C=S) groups is 1. The summed E-state index contributed by atoms with van der Waals surface area (Å²) in [7, 11) is 0. The minimum atomic E-state index is -0.322. The smallest absolute Gasteiger partial charge is 0.124 e. The number of hydrogen-bond acceptors (Lipinski definition) is 3. The van der Waals surface area contributed by atoms with Crippen molar-refractivity contribution in [3.8, 4) is 0 Å². The van der Waals surface area contributed by atoms with E-state index in [-0.39, 0.29) is 10.8 Å². The number of benzene rings is 1. The van der Waals surface area contributed by atoms with E-state index in [1.807, 2.05) is 11.8 Å². The Morgan fingerprint density at radius 2 is 2.28 bits per heavy atom. The second-order valence-corrected chi connectivity index (χ2v) is 5.92. The van der Waals surface area contributed by atoms with Gasteiger partial charge in [0.2, 0.25) is 0 Å². The Balaban J connectivity index is 2.68. The molecule has 1 aromatic carbocycles. The molecule has 0 heterocycles. The Morgan fingerprint density at radius 3 is 2.89 bits per heavy atom. The molecular weight excluding hydrogens is 267 g/mol. The summed E-state index contributed by atoms with van der Waals surface area (Å²) in [6.45, 7) is 4.25. The van der Waals surface area contributed by atoms with Crippen LogP contribution in [0.2, 0.25) is 0 Å². The van der Waals surface area contributed by atoms with Crippen molar-refractivity contribution in [3.63, 3.8) is 0 Å². The lowest BCUT2D eigenvalue weighted by atomic mass is 10.1. The van der Waals surface area contributed by atoms with Crippen molar-refractivity contribution in [2.24, 2.45) is 5.73 Å². The van der Waals surface area contributed by atoms with E-state index in [9.17, 15) is 4.39 Å². The maximum absolute atomic E-state index is 13.1. The average Bonchev–Trinajstić information content (AvgIpc) is 2.31. The minimum Gasteiger partial charge on any atom is -0.389 e. The lowest BCUT2D eigenvalue weighted by molar-refractivity contribution is 0.627. The van der Waals surface area contributed by atoms with E-state index >= 15 is 0 Å². The van der Waals surface area contributed by atoms with Gasteiger partial charge >= 0.3 is 0 Å². The SMILES string of the molecule is CCSCCC(C)Nc1ccc(F)cc1C(N)=S. The van der Waals surface area contributed by atoms with Crippen LogP contribution in [0.4, 0.5) is 10.1 Å². The molecule has 0 aliphatic carbocycles. The molecule has 0 amide bonds. The maximum Gasteiger partial charge on any atom is 0.124 e. The van der Waals surface area contributed by atoms with Gasteiger partial charge in [0, 0.05) is 17.3 Å². The molecule has 0 spiro atoms. The number of nitrogens with two attached hydrogens (primary N) is 1. The van der Waals surface area contributed by atoms with E-state index in [1.165, 1.54) is 12.1 Å². The molecule has 0 bridgehead atoms. The normalized spacial score (nSPS) is 12.2. The lowest BCUT2D eigenvalue weighted by Crippen LogP contribution is -2.20. The summed E-state index contributed by atoms with van der Waals surface area (Å²) >= 11 is 6.84. The van der Waals surface area contributed by atoms with Crippen molar-refractivity contribution in [3.05, 3.63) is 29.6 Å². The molecule has 18 heavy (non-hydrogen) atoms. The molecule has 1 aromatic rings. The molecule has 0 radical (unpaired) electrons. The van der Waals surface area contributed by atoms with Crippen molar-refractivity contribution in [1.29, 1.82) is 0 Å². The number of anilines is 1. The topological polar surface area (TPSA) is 38.0 Å². The fraction of sp³-hybridized carbons (Fsp3) is 0.462. The molecule has 0 aliphatic rings. The molecule has 0 fully saturated rings. The molecule has 0 saturated heterocycles. The van der Waals surface area contributed by atoms with Crippen molar-refractivity contribution in [2.75, 3.05) is 16.8 Å². The second-order valence-electron chi connectivity index (χ2n) is 4.09. The zero-order chi connectivity index (χ0) is 13.5. The predicted octanol–water partition coefficient (Wildman–Crippen LogP) is 3.40. The van der Waals surface area contributed by atoms with Crippen LogP contribution >= 0.6 is 24.0 Å². The summed E-state index contributed by atoms with van der Waals surface area (Å²) in [5.74, 6) is 1.91. The summed E-state index contributed by atoms with van der Waals surface area (Å²) in [5.41, 5.74) is 6.97. The van der Waals surface area contributed by atoms with E-state index in [4.69, 9.17) is 18.0 Å². The lowest BCUT2D eigenvalue weighted by Gasteiger charge is -2.17. The first kappa shape index (κ1) is 15.2. The third-order valence-corrected chi connectivity index (χ3v) is 3.70. The average molecular weight is 286 g/mol. The molecule has 2 nitrogen and oxygen atoms in total. The van der Waals surface area contributed by atoms with Crippen LogP contribution in [0, 0.1) is 5.82 Å². The highest BCUT2D eigenvalue weighted by Crippen LogP contribution is 2.19. The van der Waals surface area contributed by atoms with E-state index < -0.39 is 0 Å². The molecular formula is C13H19FN2S2. The summed E-state index contributed by atoms with van der Waals surface area (Å²) in [6.07, 6.45) is 1.05. The number of nitrogens with one attached hydrogen (secondary N) is 1. The van der Waals surface area contributed by atoms with Crippen LogP contribution in [-0.2, 0) is 0 Å². The van der Waals surface area contributed by atoms with Gasteiger partial charge in [-0.1, -0.05) is 19.1 Å². The fourth-order valence-electron chi connectivity index (χ4n) is 1.59. The van der Waals surface area contributed by atoms with Crippen LogP contribution in [0.3, 0.4) is 0 Å². The number of rotatable bonds is 7. The predicted molar refractivity (Wildman–Crippen MR) is 83.0 cm³/mol. The Morgan fingerprint density at radius 1 is 1.56 bits per heavy atom. The first-order valence-electron chi connectivity index (χ1n) is 5.98. The molecule has 100 valence electrons. The number of hydrogen-bond donors (Lipinski definition) is 2. The Labute approximate surface area is 118 Å². The van der Waals surface area contributed by atoms with Gasteiger partial charge in [-0.25, -0.2) is 4.39 Å². The van der Waals surface area contributed by atoms with Gasteiger partial charge in [0.25, 0.3) is 0 Å². The van der Waals surface area contributed by atoms with Gasteiger partial charge in [-0.3, -0.25) is 0 Å². The Kier molecular flexibility index (Phi) is 6.43. The van der Waals surface area contributed by atoms with Crippen molar-refractivity contribution < 1.29 is 4.39 Å². The molecule has 0 aliphatic heterocycles. The van der Waals surface area contributed by atoms with Gasteiger partial charge in [-0.05, 0) is 43.0 Å². The van der Waals surface area contributed by atoms with Gasteiger partial charge in [0.05, 0.1) is 0 Å². The first-order valence-corrected chi connectivity index (χ1v) is 7.54. The minimum absolute atomic E-state index is 0.215. The fourth-order valence-corrected chi connectivity index (χ4v) is 2.57.